The van der Waals surface area contributed by atoms with E-state index in [9.17, 15) is 10.1 Å². The number of benzene rings is 1. The molecule has 0 saturated heterocycles. The second-order valence-electron chi connectivity index (χ2n) is 3.29. The standard InChI is InChI=1S/C10H14N2O3.ClH/c11-9(5-3-7-13)8-4-1-2-6-10(8)12(14)15;/h1-2,4,6,9,13H,3,5,7,11H2;1H/t9-;/m0./s1. The van der Waals surface area contributed by atoms with Crippen LogP contribution in [0.15, 0.2) is 24.3 Å². The molecule has 0 aliphatic heterocycles. The van der Waals surface area contributed by atoms with Crippen LogP contribution in [0, 0.1) is 10.1 Å². The third-order valence-corrected chi connectivity index (χ3v) is 2.21. The molecular formula is C10H15ClN2O3. The Hall–Kier alpha value is -1.17. The van der Waals surface area contributed by atoms with Gasteiger partial charge in [0.25, 0.3) is 5.69 Å². The first-order valence-corrected chi connectivity index (χ1v) is 4.76. The molecule has 0 heterocycles. The number of nitro groups is 1. The molecule has 0 aliphatic carbocycles. The fraction of sp³-hybridized carbons (Fsp3) is 0.400. The van der Waals surface area contributed by atoms with Crippen LogP contribution in [0.3, 0.4) is 0 Å². The molecule has 0 amide bonds. The molecule has 3 N–H and O–H groups in total. The SMILES string of the molecule is Cl.N[C@@H](CCCO)c1ccccc1[N+](=O)[O-]. The molecule has 6 heteroatoms. The van der Waals surface area contributed by atoms with E-state index >= 15 is 0 Å². The maximum absolute atomic E-state index is 10.7. The van der Waals surface area contributed by atoms with Gasteiger partial charge in [0.15, 0.2) is 0 Å². The van der Waals surface area contributed by atoms with Gasteiger partial charge in [0.05, 0.1) is 4.92 Å². The molecule has 0 aromatic heterocycles. The van der Waals surface area contributed by atoms with Crippen molar-refractivity contribution in [2.24, 2.45) is 5.73 Å². The summed E-state index contributed by atoms with van der Waals surface area (Å²) in [6.07, 6.45) is 1.09. The van der Waals surface area contributed by atoms with Gasteiger partial charge in [-0.05, 0) is 12.8 Å². The average Bonchev–Trinajstić information content (AvgIpc) is 2.25. The number of aliphatic hydroxyl groups is 1. The van der Waals surface area contributed by atoms with Gasteiger partial charge in [0, 0.05) is 24.3 Å². The first-order chi connectivity index (χ1) is 7.16. The van der Waals surface area contributed by atoms with Gasteiger partial charge in [-0.1, -0.05) is 18.2 Å². The van der Waals surface area contributed by atoms with E-state index in [-0.39, 0.29) is 24.7 Å². The molecule has 0 unspecified atom stereocenters. The Balaban J connectivity index is 0.00000225. The van der Waals surface area contributed by atoms with E-state index in [1.165, 1.54) is 6.07 Å². The van der Waals surface area contributed by atoms with Gasteiger partial charge in [-0.15, -0.1) is 12.4 Å². The normalized spacial score (nSPS) is 11.6. The Morgan fingerprint density at radius 1 is 1.44 bits per heavy atom. The summed E-state index contributed by atoms with van der Waals surface area (Å²) < 4.78 is 0. The Bertz CT molecular complexity index is 347. The molecule has 1 aromatic rings. The highest BCUT2D eigenvalue weighted by Crippen LogP contribution is 2.25. The number of hydrogen-bond acceptors (Lipinski definition) is 4. The summed E-state index contributed by atoms with van der Waals surface area (Å²) in [5.74, 6) is 0. The Morgan fingerprint density at radius 2 is 2.06 bits per heavy atom. The van der Waals surface area contributed by atoms with E-state index < -0.39 is 11.0 Å². The second-order valence-corrected chi connectivity index (χ2v) is 3.29. The van der Waals surface area contributed by atoms with Crippen LogP contribution in [0.1, 0.15) is 24.4 Å². The molecular weight excluding hydrogens is 232 g/mol. The van der Waals surface area contributed by atoms with Gasteiger partial charge < -0.3 is 10.8 Å². The molecule has 1 atom stereocenters. The minimum Gasteiger partial charge on any atom is -0.396 e. The van der Waals surface area contributed by atoms with Crippen LogP contribution < -0.4 is 5.73 Å². The Labute approximate surface area is 99.8 Å². The van der Waals surface area contributed by atoms with Crippen LogP contribution in [-0.2, 0) is 0 Å². The summed E-state index contributed by atoms with van der Waals surface area (Å²) in [5, 5.41) is 19.4. The highest BCUT2D eigenvalue weighted by molar-refractivity contribution is 5.85. The lowest BCUT2D eigenvalue weighted by molar-refractivity contribution is -0.385. The number of nitro benzene ring substituents is 1. The third-order valence-electron chi connectivity index (χ3n) is 2.21. The minimum atomic E-state index is -0.436. The molecule has 5 nitrogen and oxygen atoms in total. The smallest absolute Gasteiger partial charge is 0.274 e. The molecule has 16 heavy (non-hydrogen) atoms. The number of nitrogens with two attached hydrogens (primary N) is 1. The van der Waals surface area contributed by atoms with Crippen molar-refractivity contribution in [1.29, 1.82) is 0 Å². The Morgan fingerprint density at radius 3 is 2.62 bits per heavy atom. The fourth-order valence-corrected chi connectivity index (χ4v) is 1.43. The topological polar surface area (TPSA) is 89.4 Å². The molecule has 0 aliphatic rings. The lowest BCUT2D eigenvalue weighted by Gasteiger charge is -2.10. The van der Waals surface area contributed by atoms with Gasteiger partial charge in [-0.3, -0.25) is 10.1 Å². The monoisotopic (exact) mass is 246 g/mol. The summed E-state index contributed by atoms with van der Waals surface area (Å²) in [6, 6.07) is 6.04. The minimum absolute atomic E-state index is 0. The van der Waals surface area contributed by atoms with Crippen LogP contribution >= 0.6 is 12.4 Å². The first kappa shape index (κ1) is 14.8. The van der Waals surface area contributed by atoms with Gasteiger partial charge in [-0.2, -0.15) is 0 Å². The number of para-hydroxylation sites is 1. The molecule has 0 saturated carbocycles. The van der Waals surface area contributed by atoms with Crippen LogP contribution in [0.2, 0.25) is 0 Å². The third kappa shape index (κ3) is 3.77. The predicted octanol–water partition coefficient (Wildman–Crippen LogP) is 1.79. The number of nitrogens with zero attached hydrogens (tertiary/aromatic N) is 1. The van der Waals surface area contributed by atoms with Gasteiger partial charge >= 0.3 is 0 Å². The zero-order valence-electron chi connectivity index (χ0n) is 8.70. The van der Waals surface area contributed by atoms with Gasteiger partial charge in [0.2, 0.25) is 0 Å². The fourth-order valence-electron chi connectivity index (χ4n) is 1.43. The van der Waals surface area contributed by atoms with Crippen molar-refractivity contribution in [2.75, 3.05) is 6.61 Å². The lowest BCUT2D eigenvalue weighted by Crippen LogP contribution is -2.12. The van der Waals surface area contributed by atoms with Gasteiger partial charge in [-0.25, -0.2) is 0 Å². The zero-order valence-corrected chi connectivity index (χ0v) is 9.52. The number of halogens is 1. The number of rotatable bonds is 5. The first-order valence-electron chi connectivity index (χ1n) is 4.76. The summed E-state index contributed by atoms with van der Waals surface area (Å²) in [5.41, 5.74) is 6.37. The van der Waals surface area contributed by atoms with E-state index in [0.717, 1.165) is 0 Å². The van der Waals surface area contributed by atoms with Crippen molar-refractivity contribution in [3.05, 3.63) is 39.9 Å². The molecule has 90 valence electrons. The van der Waals surface area contributed by atoms with Crippen molar-refractivity contribution in [1.82, 2.24) is 0 Å². The second kappa shape index (κ2) is 7.16. The van der Waals surface area contributed by atoms with E-state index in [1.54, 1.807) is 18.2 Å². The maximum Gasteiger partial charge on any atom is 0.274 e. The molecule has 0 bridgehead atoms. The number of aliphatic hydroxyl groups excluding tert-OH is 1. The molecule has 0 radical (unpaired) electrons. The Kier molecular flexibility index (Phi) is 6.64. The molecule has 1 rings (SSSR count). The van der Waals surface area contributed by atoms with Crippen LogP contribution in [0.5, 0.6) is 0 Å². The number of hydrogen-bond donors (Lipinski definition) is 2. The highest BCUT2D eigenvalue weighted by atomic mass is 35.5. The van der Waals surface area contributed by atoms with Crippen molar-refractivity contribution >= 4 is 18.1 Å². The van der Waals surface area contributed by atoms with E-state index in [4.69, 9.17) is 10.8 Å². The summed E-state index contributed by atoms with van der Waals surface area (Å²) in [7, 11) is 0. The average molecular weight is 247 g/mol. The van der Waals surface area contributed by atoms with E-state index in [2.05, 4.69) is 0 Å². The molecule has 0 spiro atoms. The molecule has 0 fully saturated rings. The van der Waals surface area contributed by atoms with Crippen molar-refractivity contribution < 1.29 is 10.0 Å². The van der Waals surface area contributed by atoms with E-state index in [0.29, 0.717) is 18.4 Å². The van der Waals surface area contributed by atoms with Crippen LogP contribution in [0.25, 0.3) is 0 Å². The van der Waals surface area contributed by atoms with Crippen molar-refractivity contribution in [3.8, 4) is 0 Å². The predicted molar refractivity (Wildman–Crippen MR) is 63.6 cm³/mol. The summed E-state index contributed by atoms with van der Waals surface area (Å²) in [4.78, 5) is 10.3. The maximum atomic E-state index is 10.7. The van der Waals surface area contributed by atoms with Crippen molar-refractivity contribution in [2.45, 2.75) is 18.9 Å². The van der Waals surface area contributed by atoms with E-state index in [1.807, 2.05) is 0 Å². The summed E-state index contributed by atoms with van der Waals surface area (Å²) in [6.45, 7) is 0.0499. The zero-order chi connectivity index (χ0) is 11.3. The van der Waals surface area contributed by atoms with Crippen LogP contribution in [-0.4, -0.2) is 16.6 Å². The lowest BCUT2D eigenvalue weighted by atomic mass is 10.0. The largest absolute Gasteiger partial charge is 0.396 e. The summed E-state index contributed by atoms with van der Waals surface area (Å²) >= 11 is 0. The van der Waals surface area contributed by atoms with Gasteiger partial charge in [0.1, 0.15) is 0 Å². The quantitative estimate of drug-likeness (QED) is 0.612. The molecule has 1 aromatic carbocycles. The van der Waals surface area contributed by atoms with Crippen molar-refractivity contribution in [3.63, 3.8) is 0 Å². The highest BCUT2D eigenvalue weighted by Gasteiger charge is 2.17. The van der Waals surface area contributed by atoms with Crippen LogP contribution in [0.4, 0.5) is 5.69 Å².